The second kappa shape index (κ2) is 12.8. The van der Waals surface area contributed by atoms with Gasteiger partial charge >= 0.3 is 5.97 Å². The Labute approximate surface area is 196 Å². The van der Waals surface area contributed by atoms with Gasteiger partial charge in [0.2, 0.25) is 5.91 Å². The number of carbonyl (C=O) groups is 3. The molecule has 0 fully saturated rings. The van der Waals surface area contributed by atoms with E-state index in [1.807, 2.05) is 42.5 Å². The number of ether oxygens (including phenoxy) is 1. The maximum absolute atomic E-state index is 13.0. The van der Waals surface area contributed by atoms with Gasteiger partial charge in [0.25, 0.3) is 5.91 Å². The summed E-state index contributed by atoms with van der Waals surface area (Å²) in [5, 5.41) is 22.4. The van der Waals surface area contributed by atoms with Crippen LogP contribution in [-0.4, -0.2) is 42.4 Å². The third kappa shape index (κ3) is 7.60. The van der Waals surface area contributed by atoms with Crippen LogP contribution in [0.25, 0.3) is 11.1 Å². The quantitative estimate of drug-likeness (QED) is 0.416. The van der Waals surface area contributed by atoms with Gasteiger partial charge in [0.1, 0.15) is 10.6 Å². The summed E-state index contributed by atoms with van der Waals surface area (Å²) in [4.78, 5) is 39.1. The molecule has 1 aromatic carbocycles. The van der Waals surface area contributed by atoms with E-state index in [1.165, 1.54) is 22.3 Å². The summed E-state index contributed by atoms with van der Waals surface area (Å²) in [6, 6.07) is 13.1. The van der Waals surface area contributed by atoms with Gasteiger partial charge in [-0.3, -0.25) is 9.59 Å². The lowest BCUT2D eigenvalue weighted by atomic mass is 10.0. The van der Waals surface area contributed by atoms with E-state index in [1.54, 1.807) is 19.2 Å². The fourth-order valence-electron chi connectivity index (χ4n) is 2.91. The lowest BCUT2D eigenvalue weighted by molar-refractivity contribution is -0.134. The van der Waals surface area contributed by atoms with Crippen molar-refractivity contribution in [2.24, 2.45) is 0 Å². The van der Waals surface area contributed by atoms with Crippen molar-refractivity contribution in [3.05, 3.63) is 52.9 Å². The van der Waals surface area contributed by atoms with Gasteiger partial charge in [0, 0.05) is 30.1 Å². The van der Waals surface area contributed by atoms with Gasteiger partial charge in [-0.25, -0.2) is 4.79 Å². The van der Waals surface area contributed by atoms with Crippen LogP contribution in [0.5, 0.6) is 0 Å². The van der Waals surface area contributed by atoms with Crippen LogP contribution >= 0.6 is 11.3 Å². The van der Waals surface area contributed by atoms with Crippen molar-refractivity contribution in [2.75, 3.05) is 25.0 Å². The van der Waals surface area contributed by atoms with E-state index >= 15 is 0 Å². The molecule has 0 aliphatic heterocycles. The number of hydrogen-bond acceptors (Lipinski definition) is 7. The van der Waals surface area contributed by atoms with Crippen LogP contribution in [0, 0.1) is 22.7 Å². The van der Waals surface area contributed by atoms with Crippen LogP contribution in [0.2, 0.25) is 0 Å². The number of thiophene rings is 1. The van der Waals surface area contributed by atoms with Crippen LogP contribution in [0.3, 0.4) is 0 Å². The summed E-state index contributed by atoms with van der Waals surface area (Å²) < 4.78 is 5.30. The Morgan fingerprint density at radius 3 is 2.30 bits per heavy atom. The van der Waals surface area contributed by atoms with Crippen molar-refractivity contribution >= 4 is 34.1 Å². The number of allylic oxidation sites excluding steroid dienone is 1. The molecule has 0 spiro atoms. The van der Waals surface area contributed by atoms with Gasteiger partial charge in [0.05, 0.1) is 25.0 Å². The van der Waals surface area contributed by atoms with Gasteiger partial charge in [-0.1, -0.05) is 35.9 Å². The minimum Gasteiger partial charge on any atom is -0.452 e. The van der Waals surface area contributed by atoms with Crippen LogP contribution < -0.4 is 5.32 Å². The highest BCUT2D eigenvalue weighted by Crippen LogP contribution is 2.36. The summed E-state index contributed by atoms with van der Waals surface area (Å²) in [6.45, 7) is 3.32. The highest BCUT2D eigenvalue weighted by molar-refractivity contribution is 7.15. The molecule has 0 saturated heterocycles. The van der Waals surface area contributed by atoms with Crippen molar-refractivity contribution in [3.63, 3.8) is 0 Å². The maximum Gasteiger partial charge on any atom is 0.342 e. The molecule has 1 N–H and O–H groups in total. The molecular formula is C24H24N4O4S. The molecular weight excluding hydrogens is 440 g/mol. The van der Waals surface area contributed by atoms with Crippen molar-refractivity contribution < 1.29 is 19.1 Å². The number of nitrogens with zero attached hydrogens (tertiary/aromatic N) is 3. The molecule has 8 nitrogen and oxygen atoms in total. The molecule has 1 aromatic heterocycles. The van der Waals surface area contributed by atoms with Gasteiger partial charge in [-0.15, -0.1) is 11.3 Å². The number of benzene rings is 1. The largest absolute Gasteiger partial charge is 0.452 e. The Bertz CT molecular complexity index is 1090. The van der Waals surface area contributed by atoms with Gasteiger partial charge in [-0.2, -0.15) is 10.5 Å². The molecule has 0 bridgehead atoms. The Kier molecular flexibility index (Phi) is 9.81. The third-order valence-corrected chi connectivity index (χ3v) is 5.30. The summed E-state index contributed by atoms with van der Waals surface area (Å²) in [6.07, 6.45) is 1.63. The average Bonchev–Trinajstić information content (AvgIpc) is 3.20. The molecule has 0 unspecified atom stereocenters. The minimum absolute atomic E-state index is 0.105. The molecule has 2 amide bonds. The lowest BCUT2D eigenvalue weighted by Gasteiger charge is -2.20. The molecule has 33 heavy (non-hydrogen) atoms. The molecule has 0 saturated carbocycles. The van der Waals surface area contributed by atoms with E-state index in [2.05, 4.69) is 5.32 Å². The topological polar surface area (TPSA) is 123 Å². The summed E-state index contributed by atoms with van der Waals surface area (Å²) in [5.74, 6) is -1.63. The zero-order chi connectivity index (χ0) is 24.2. The van der Waals surface area contributed by atoms with E-state index in [-0.39, 0.29) is 37.4 Å². The number of hydrogen-bond donors (Lipinski definition) is 1. The molecule has 0 aliphatic carbocycles. The summed E-state index contributed by atoms with van der Waals surface area (Å²) >= 11 is 1.19. The first-order valence-electron chi connectivity index (χ1n) is 10.2. The molecule has 0 aliphatic rings. The third-order valence-electron chi connectivity index (χ3n) is 4.40. The van der Waals surface area contributed by atoms with Crippen molar-refractivity contribution in [2.45, 2.75) is 26.7 Å². The van der Waals surface area contributed by atoms with Crippen LogP contribution in [0.1, 0.15) is 37.0 Å². The Morgan fingerprint density at radius 1 is 1.09 bits per heavy atom. The first-order chi connectivity index (χ1) is 15.9. The van der Waals surface area contributed by atoms with E-state index in [0.717, 1.165) is 11.1 Å². The molecule has 170 valence electrons. The Morgan fingerprint density at radius 2 is 1.73 bits per heavy atom. The molecule has 2 aromatic rings. The van der Waals surface area contributed by atoms with Crippen molar-refractivity contribution in [1.29, 1.82) is 10.5 Å². The fourth-order valence-corrected chi connectivity index (χ4v) is 3.88. The maximum atomic E-state index is 13.0. The zero-order valence-electron chi connectivity index (χ0n) is 18.5. The number of nitriles is 2. The summed E-state index contributed by atoms with van der Waals surface area (Å²) in [7, 11) is 0. The highest BCUT2D eigenvalue weighted by Gasteiger charge is 2.24. The first kappa shape index (κ1) is 25.3. The SMILES string of the molecule is CC(C)=CC(=O)Nc1scc(-c2ccccc2)c1C(=O)OCC(=O)N(CCC#N)CCC#N. The predicted octanol–water partition coefficient (Wildman–Crippen LogP) is 4.13. The monoisotopic (exact) mass is 464 g/mol. The second-order valence-electron chi connectivity index (χ2n) is 7.20. The van der Waals surface area contributed by atoms with Crippen LogP contribution in [0.15, 0.2) is 47.4 Å². The van der Waals surface area contributed by atoms with E-state index in [9.17, 15) is 14.4 Å². The molecule has 2 rings (SSSR count). The minimum atomic E-state index is -0.753. The standard InChI is InChI=1S/C24H24N4O4S/c1-17(2)14-20(29)27-23-22(19(16-33-23)18-8-4-3-5-9-18)24(31)32-15-21(30)28(12-6-10-25)13-7-11-26/h3-5,8-9,14,16H,6-7,12-13,15H2,1-2H3,(H,27,29). The number of rotatable bonds is 10. The Balaban J connectivity index is 2.26. The van der Waals surface area contributed by atoms with Crippen molar-refractivity contribution in [1.82, 2.24) is 4.90 Å². The van der Waals surface area contributed by atoms with Gasteiger partial charge in [-0.05, 0) is 19.4 Å². The van der Waals surface area contributed by atoms with Crippen LogP contribution in [-0.2, 0) is 14.3 Å². The smallest absolute Gasteiger partial charge is 0.342 e. The number of nitrogens with one attached hydrogen (secondary N) is 1. The highest BCUT2D eigenvalue weighted by atomic mass is 32.1. The van der Waals surface area contributed by atoms with E-state index < -0.39 is 18.5 Å². The summed E-state index contributed by atoms with van der Waals surface area (Å²) in [5.41, 5.74) is 2.31. The number of anilines is 1. The Hall–Kier alpha value is -3.95. The zero-order valence-corrected chi connectivity index (χ0v) is 19.3. The first-order valence-corrected chi connectivity index (χ1v) is 11.1. The second-order valence-corrected chi connectivity index (χ2v) is 8.08. The fraction of sp³-hybridized carbons (Fsp3) is 0.292. The molecule has 9 heteroatoms. The molecule has 0 radical (unpaired) electrons. The average molecular weight is 465 g/mol. The van der Waals surface area contributed by atoms with E-state index in [0.29, 0.717) is 10.6 Å². The van der Waals surface area contributed by atoms with E-state index in [4.69, 9.17) is 15.3 Å². The molecule has 0 atom stereocenters. The van der Waals surface area contributed by atoms with Gasteiger partial charge in [0.15, 0.2) is 6.61 Å². The number of carbonyl (C=O) groups excluding carboxylic acids is 3. The number of esters is 1. The van der Waals surface area contributed by atoms with Gasteiger partial charge < -0.3 is 15.0 Å². The van der Waals surface area contributed by atoms with Crippen molar-refractivity contribution in [3.8, 4) is 23.3 Å². The number of amides is 2. The predicted molar refractivity (Wildman–Crippen MR) is 125 cm³/mol. The lowest BCUT2D eigenvalue weighted by Crippen LogP contribution is -2.36. The molecule has 1 heterocycles. The van der Waals surface area contributed by atoms with Crippen LogP contribution in [0.4, 0.5) is 5.00 Å². The normalized spacial score (nSPS) is 9.82.